The van der Waals surface area contributed by atoms with E-state index in [0.29, 0.717) is 18.0 Å². The molecule has 64 valence electrons. The van der Waals surface area contributed by atoms with Crippen LogP contribution in [0.5, 0.6) is 11.5 Å². The number of ether oxygens (including phenoxy) is 1. The summed E-state index contributed by atoms with van der Waals surface area (Å²) in [4.78, 5) is 0. The quantitative estimate of drug-likeness (QED) is 0.384. The largest absolute Gasteiger partial charge is 0.504 e. The number of hydrogen-bond donors (Lipinski definition) is 3. The number of nitrogen functional groups attached to an aromatic ring is 1. The van der Waals surface area contributed by atoms with Crippen molar-refractivity contribution in [2.75, 3.05) is 12.3 Å². The number of rotatable bonds is 0. The molecule has 2 rings (SSSR count). The Kier molecular flexibility index (Phi) is 1.38. The molecule has 0 saturated heterocycles. The van der Waals surface area contributed by atoms with Gasteiger partial charge in [-0.2, -0.15) is 0 Å². The Bertz CT molecular complexity index is 325. The van der Waals surface area contributed by atoms with Crippen LogP contribution >= 0.6 is 0 Å². The van der Waals surface area contributed by atoms with E-state index in [0.717, 1.165) is 5.56 Å². The van der Waals surface area contributed by atoms with Crippen molar-refractivity contribution < 1.29 is 9.84 Å². The average Bonchev–Trinajstić information content (AvgIpc) is 2.42. The van der Waals surface area contributed by atoms with Crippen molar-refractivity contribution in [3.8, 4) is 11.5 Å². The van der Waals surface area contributed by atoms with Crippen molar-refractivity contribution in [3.63, 3.8) is 0 Å². The minimum absolute atomic E-state index is 0.104. The Morgan fingerprint density at radius 2 is 2.25 bits per heavy atom. The second-order valence-corrected chi connectivity index (χ2v) is 2.83. The van der Waals surface area contributed by atoms with Gasteiger partial charge in [0.15, 0.2) is 11.5 Å². The third kappa shape index (κ3) is 0.816. The molecule has 0 aromatic heterocycles. The first-order valence-corrected chi connectivity index (χ1v) is 3.70. The van der Waals surface area contributed by atoms with E-state index in [1.807, 2.05) is 0 Å². The van der Waals surface area contributed by atoms with Gasteiger partial charge in [-0.15, -0.1) is 0 Å². The number of aromatic hydroxyl groups is 1. The maximum absolute atomic E-state index is 9.34. The van der Waals surface area contributed by atoms with Crippen LogP contribution in [0.1, 0.15) is 11.6 Å². The van der Waals surface area contributed by atoms with Gasteiger partial charge in [-0.3, -0.25) is 0 Å². The highest BCUT2D eigenvalue weighted by Gasteiger charge is 2.25. The van der Waals surface area contributed by atoms with Gasteiger partial charge in [-0.1, -0.05) is 0 Å². The van der Waals surface area contributed by atoms with Crippen molar-refractivity contribution in [3.05, 3.63) is 17.7 Å². The number of phenolic OH excluding ortho intramolecular Hbond substituents is 1. The lowest BCUT2D eigenvalue weighted by Gasteiger charge is -2.05. The van der Waals surface area contributed by atoms with Crippen LogP contribution in [0.25, 0.3) is 0 Å². The van der Waals surface area contributed by atoms with E-state index in [-0.39, 0.29) is 11.8 Å². The van der Waals surface area contributed by atoms with Gasteiger partial charge < -0.3 is 21.3 Å². The summed E-state index contributed by atoms with van der Waals surface area (Å²) in [6.07, 6.45) is 0. The van der Waals surface area contributed by atoms with Crippen molar-refractivity contribution >= 4 is 5.69 Å². The van der Waals surface area contributed by atoms with Gasteiger partial charge in [0.25, 0.3) is 0 Å². The maximum Gasteiger partial charge on any atom is 0.167 e. The molecule has 1 atom stereocenters. The zero-order valence-electron chi connectivity index (χ0n) is 6.45. The molecule has 4 nitrogen and oxygen atoms in total. The molecule has 0 radical (unpaired) electrons. The highest BCUT2D eigenvalue weighted by Crippen LogP contribution is 2.41. The zero-order chi connectivity index (χ0) is 8.72. The minimum Gasteiger partial charge on any atom is -0.504 e. The highest BCUT2D eigenvalue weighted by atomic mass is 16.5. The zero-order valence-corrected chi connectivity index (χ0v) is 6.45. The number of phenols is 1. The van der Waals surface area contributed by atoms with Crippen molar-refractivity contribution in [1.29, 1.82) is 0 Å². The highest BCUT2D eigenvalue weighted by molar-refractivity contribution is 5.63. The third-order valence-corrected chi connectivity index (χ3v) is 1.99. The lowest BCUT2D eigenvalue weighted by Crippen LogP contribution is -2.12. The van der Waals surface area contributed by atoms with Crippen molar-refractivity contribution in [2.45, 2.75) is 6.04 Å². The Morgan fingerprint density at radius 3 is 2.92 bits per heavy atom. The summed E-state index contributed by atoms with van der Waals surface area (Å²) in [7, 11) is 0. The van der Waals surface area contributed by atoms with Crippen molar-refractivity contribution in [2.24, 2.45) is 5.73 Å². The lowest BCUT2D eigenvalue weighted by molar-refractivity contribution is 0.317. The molecule has 5 N–H and O–H groups in total. The molecular formula is C8H10N2O2. The van der Waals surface area contributed by atoms with Crippen LogP contribution in [0.2, 0.25) is 0 Å². The number of hydrogen-bond acceptors (Lipinski definition) is 4. The summed E-state index contributed by atoms with van der Waals surface area (Å²) in [5.41, 5.74) is 12.7. The predicted molar refractivity (Wildman–Crippen MR) is 44.9 cm³/mol. The third-order valence-electron chi connectivity index (χ3n) is 1.99. The van der Waals surface area contributed by atoms with Gasteiger partial charge in [0, 0.05) is 11.3 Å². The van der Waals surface area contributed by atoms with Gasteiger partial charge in [-0.05, 0) is 12.1 Å². The fourth-order valence-corrected chi connectivity index (χ4v) is 1.39. The molecule has 0 unspecified atom stereocenters. The molecule has 0 spiro atoms. The van der Waals surface area contributed by atoms with E-state index in [4.69, 9.17) is 16.2 Å². The molecule has 1 aliphatic heterocycles. The van der Waals surface area contributed by atoms with E-state index < -0.39 is 0 Å². The second kappa shape index (κ2) is 2.28. The Morgan fingerprint density at radius 1 is 1.50 bits per heavy atom. The lowest BCUT2D eigenvalue weighted by atomic mass is 10.1. The first-order valence-electron chi connectivity index (χ1n) is 3.70. The standard InChI is InChI=1S/C8H10N2O2/c9-4-1-2-6(11)8-7(4)5(10)3-12-8/h1-2,5,11H,3,9-10H2/t5-/m0/s1. The second-order valence-electron chi connectivity index (χ2n) is 2.83. The van der Waals surface area contributed by atoms with Crippen LogP contribution in [0, 0.1) is 0 Å². The summed E-state index contributed by atoms with van der Waals surface area (Å²) in [6, 6.07) is 2.92. The van der Waals surface area contributed by atoms with Gasteiger partial charge in [0.2, 0.25) is 0 Å². The molecule has 0 amide bonds. The first kappa shape index (κ1) is 7.24. The molecule has 1 aromatic carbocycles. The maximum atomic E-state index is 9.34. The number of anilines is 1. The summed E-state index contributed by atoms with van der Waals surface area (Å²) in [5.74, 6) is 0.537. The van der Waals surface area contributed by atoms with Crippen LogP contribution in [0.15, 0.2) is 12.1 Å². The van der Waals surface area contributed by atoms with E-state index in [9.17, 15) is 5.11 Å². The normalized spacial score (nSPS) is 20.2. The predicted octanol–water partition coefficient (Wildman–Crippen LogP) is 0.367. The molecule has 0 aliphatic carbocycles. The first-order chi connectivity index (χ1) is 5.70. The summed E-state index contributed by atoms with van der Waals surface area (Å²) < 4.78 is 5.17. The van der Waals surface area contributed by atoms with Crippen LogP contribution in [-0.4, -0.2) is 11.7 Å². The van der Waals surface area contributed by atoms with E-state index in [1.54, 1.807) is 6.07 Å². The molecule has 4 heteroatoms. The van der Waals surface area contributed by atoms with E-state index in [1.165, 1.54) is 6.07 Å². The number of nitrogens with two attached hydrogens (primary N) is 2. The molecule has 0 fully saturated rings. The number of benzene rings is 1. The van der Waals surface area contributed by atoms with Crippen LogP contribution in [0.3, 0.4) is 0 Å². The topological polar surface area (TPSA) is 81.5 Å². The molecule has 0 saturated carbocycles. The van der Waals surface area contributed by atoms with E-state index in [2.05, 4.69) is 0 Å². The van der Waals surface area contributed by atoms with Crippen LogP contribution < -0.4 is 16.2 Å². The Labute approximate surface area is 69.7 Å². The molecule has 1 aliphatic rings. The van der Waals surface area contributed by atoms with Gasteiger partial charge in [0.05, 0.1) is 6.04 Å². The number of fused-ring (bicyclic) bond motifs is 1. The minimum atomic E-state index is -0.216. The van der Waals surface area contributed by atoms with E-state index >= 15 is 0 Å². The van der Waals surface area contributed by atoms with Gasteiger partial charge in [0.1, 0.15) is 6.61 Å². The van der Waals surface area contributed by atoms with Gasteiger partial charge >= 0.3 is 0 Å². The molecule has 1 aromatic rings. The summed E-state index contributed by atoms with van der Waals surface area (Å²) >= 11 is 0. The summed E-state index contributed by atoms with van der Waals surface area (Å²) in [5, 5.41) is 9.34. The fraction of sp³-hybridized carbons (Fsp3) is 0.250. The molecule has 12 heavy (non-hydrogen) atoms. The monoisotopic (exact) mass is 166 g/mol. The van der Waals surface area contributed by atoms with Crippen LogP contribution in [0.4, 0.5) is 5.69 Å². The smallest absolute Gasteiger partial charge is 0.167 e. The van der Waals surface area contributed by atoms with Gasteiger partial charge in [-0.25, -0.2) is 0 Å². The molecular weight excluding hydrogens is 156 g/mol. The Balaban J connectivity index is 2.64. The summed E-state index contributed by atoms with van der Waals surface area (Å²) in [6.45, 7) is 0.386. The molecule has 0 bridgehead atoms. The Hall–Kier alpha value is -1.42. The van der Waals surface area contributed by atoms with Crippen LogP contribution in [-0.2, 0) is 0 Å². The average molecular weight is 166 g/mol. The molecule has 1 heterocycles. The SMILES string of the molecule is Nc1ccc(O)c2c1[C@@H](N)CO2. The van der Waals surface area contributed by atoms with Crippen molar-refractivity contribution in [1.82, 2.24) is 0 Å². The fourth-order valence-electron chi connectivity index (χ4n) is 1.39.